The molecule has 6 heteroatoms. The Bertz CT molecular complexity index is 995. The van der Waals surface area contributed by atoms with Crippen molar-refractivity contribution in [3.05, 3.63) is 74.7 Å². The fraction of sp³-hybridized carbons (Fsp3) is 0.143. The molecule has 0 aliphatic carbocycles. The number of hydrogen-bond donors (Lipinski definition) is 2. The quantitative estimate of drug-likeness (QED) is 0.372. The molecule has 0 aromatic heterocycles. The minimum absolute atomic E-state index is 0.125. The molecule has 3 aromatic carbocycles. The second-order valence-electron chi connectivity index (χ2n) is 6.35. The highest BCUT2D eigenvalue weighted by Crippen LogP contribution is 2.32. The van der Waals surface area contributed by atoms with Crippen molar-refractivity contribution in [2.75, 3.05) is 0 Å². The maximum absolute atomic E-state index is 12.3. The van der Waals surface area contributed by atoms with Gasteiger partial charge in [-0.15, -0.1) is 0 Å². The van der Waals surface area contributed by atoms with Gasteiger partial charge in [-0.25, -0.2) is 5.43 Å². The van der Waals surface area contributed by atoms with Crippen LogP contribution in [0, 0.1) is 5.92 Å². The Morgan fingerprint density at radius 2 is 1.78 bits per heavy atom. The van der Waals surface area contributed by atoms with Crippen LogP contribution in [0.3, 0.4) is 0 Å². The molecule has 0 saturated heterocycles. The predicted molar refractivity (Wildman–Crippen MR) is 116 cm³/mol. The number of nitrogens with one attached hydrogen (secondary N) is 1. The van der Waals surface area contributed by atoms with E-state index >= 15 is 0 Å². The van der Waals surface area contributed by atoms with E-state index in [0.717, 1.165) is 11.1 Å². The second-order valence-corrected chi connectivity index (χ2v) is 8.06. The number of phenolic OH excluding ortho intramolecular Hbond substituents is 1. The molecule has 0 aliphatic rings. The zero-order chi connectivity index (χ0) is 19.4. The van der Waals surface area contributed by atoms with Crippen LogP contribution < -0.4 is 5.43 Å². The maximum atomic E-state index is 12.3. The number of amides is 1. The number of halogens is 2. The number of hydrazone groups is 1. The maximum Gasteiger partial charge on any atom is 0.243 e. The van der Waals surface area contributed by atoms with Gasteiger partial charge in [-0.05, 0) is 72.3 Å². The molecule has 0 spiro atoms. The highest BCUT2D eigenvalue weighted by molar-refractivity contribution is 9.11. The van der Waals surface area contributed by atoms with Gasteiger partial charge in [0, 0.05) is 5.92 Å². The van der Waals surface area contributed by atoms with Crippen molar-refractivity contribution < 1.29 is 9.90 Å². The van der Waals surface area contributed by atoms with Crippen LogP contribution in [0.15, 0.2) is 68.6 Å². The molecule has 1 unspecified atom stereocenters. The molecular weight excluding hydrogens is 472 g/mol. The topological polar surface area (TPSA) is 61.7 Å². The van der Waals surface area contributed by atoms with Crippen molar-refractivity contribution in [3.63, 3.8) is 0 Å². The van der Waals surface area contributed by atoms with Gasteiger partial charge in [0.1, 0.15) is 5.75 Å². The van der Waals surface area contributed by atoms with E-state index in [1.54, 1.807) is 12.1 Å². The number of hydrogen-bond acceptors (Lipinski definition) is 3. The lowest BCUT2D eigenvalue weighted by Gasteiger charge is -2.10. The molecule has 1 atom stereocenters. The van der Waals surface area contributed by atoms with Crippen molar-refractivity contribution in [2.24, 2.45) is 11.0 Å². The van der Waals surface area contributed by atoms with Crippen molar-refractivity contribution in [1.82, 2.24) is 5.43 Å². The van der Waals surface area contributed by atoms with Crippen LogP contribution >= 0.6 is 31.9 Å². The van der Waals surface area contributed by atoms with Crippen molar-refractivity contribution >= 4 is 54.8 Å². The molecule has 27 heavy (non-hydrogen) atoms. The first-order valence-corrected chi connectivity index (χ1v) is 10.0. The lowest BCUT2D eigenvalue weighted by molar-refractivity contribution is -0.124. The van der Waals surface area contributed by atoms with E-state index in [1.807, 2.05) is 19.1 Å². The van der Waals surface area contributed by atoms with Crippen molar-refractivity contribution in [2.45, 2.75) is 13.3 Å². The van der Waals surface area contributed by atoms with Crippen LogP contribution in [0.1, 0.15) is 18.1 Å². The molecule has 0 aliphatic heterocycles. The number of carbonyl (C=O) groups excluding carboxylic acids is 1. The Hall–Kier alpha value is -2.18. The van der Waals surface area contributed by atoms with E-state index in [2.05, 4.69) is 72.7 Å². The van der Waals surface area contributed by atoms with Crippen LogP contribution in [0.4, 0.5) is 0 Å². The number of benzene rings is 3. The Balaban J connectivity index is 1.61. The van der Waals surface area contributed by atoms with Crippen LogP contribution in [0.2, 0.25) is 0 Å². The van der Waals surface area contributed by atoms with Crippen LogP contribution in [-0.4, -0.2) is 17.2 Å². The van der Waals surface area contributed by atoms with Gasteiger partial charge in [0.2, 0.25) is 5.91 Å². The third-order valence-electron chi connectivity index (χ3n) is 4.23. The Morgan fingerprint density at radius 1 is 1.11 bits per heavy atom. The molecular formula is C21H18Br2N2O2. The molecule has 0 radical (unpaired) electrons. The summed E-state index contributed by atoms with van der Waals surface area (Å²) < 4.78 is 1.10. The molecule has 0 saturated carbocycles. The number of phenols is 1. The van der Waals surface area contributed by atoms with Gasteiger partial charge in [-0.3, -0.25) is 4.79 Å². The third kappa shape index (κ3) is 4.96. The zero-order valence-corrected chi connectivity index (χ0v) is 17.8. The first-order chi connectivity index (χ1) is 12.9. The summed E-state index contributed by atoms with van der Waals surface area (Å²) in [4.78, 5) is 12.3. The third-order valence-corrected chi connectivity index (χ3v) is 5.44. The van der Waals surface area contributed by atoms with Crippen molar-refractivity contribution in [1.29, 1.82) is 0 Å². The van der Waals surface area contributed by atoms with Crippen LogP contribution in [-0.2, 0) is 11.2 Å². The van der Waals surface area contributed by atoms with Gasteiger partial charge in [0.05, 0.1) is 15.2 Å². The SMILES string of the molecule is CC(Cc1ccc2ccccc2c1)C(=O)N/N=C\c1cc(Br)c(O)c(Br)c1. The first kappa shape index (κ1) is 19.6. The average Bonchev–Trinajstić information content (AvgIpc) is 2.65. The normalized spacial score (nSPS) is 12.4. The lowest BCUT2D eigenvalue weighted by Crippen LogP contribution is -2.26. The number of aromatic hydroxyl groups is 1. The Kier molecular flexibility index (Phi) is 6.29. The summed E-state index contributed by atoms with van der Waals surface area (Å²) in [5.41, 5.74) is 4.44. The fourth-order valence-electron chi connectivity index (χ4n) is 2.75. The summed E-state index contributed by atoms with van der Waals surface area (Å²) in [6, 6.07) is 17.9. The zero-order valence-electron chi connectivity index (χ0n) is 14.6. The van der Waals surface area contributed by atoms with Gasteiger partial charge < -0.3 is 5.11 Å². The molecule has 138 valence electrons. The minimum atomic E-state index is -0.207. The van der Waals surface area contributed by atoms with E-state index in [-0.39, 0.29) is 17.6 Å². The van der Waals surface area contributed by atoms with Gasteiger partial charge >= 0.3 is 0 Å². The fourth-order valence-corrected chi connectivity index (χ4v) is 3.97. The van der Waals surface area contributed by atoms with Crippen LogP contribution in [0.25, 0.3) is 10.8 Å². The van der Waals surface area contributed by atoms with E-state index in [4.69, 9.17) is 0 Å². The molecule has 1 amide bonds. The average molecular weight is 490 g/mol. The van der Waals surface area contributed by atoms with Gasteiger partial charge in [-0.1, -0.05) is 49.4 Å². The number of carbonyl (C=O) groups is 1. The molecule has 4 nitrogen and oxygen atoms in total. The summed E-state index contributed by atoms with van der Waals surface area (Å²) in [5.74, 6) is -0.224. The first-order valence-electron chi connectivity index (χ1n) is 8.42. The minimum Gasteiger partial charge on any atom is -0.506 e. The standard InChI is InChI=1S/C21H18Br2N2O2/c1-13(8-14-6-7-16-4-2-3-5-17(16)9-14)21(27)25-24-12-15-10-18(22)20(26)19(23)11-15/h2-7,9-13,26H,8H2,1H3,(H,25,27)/b24-12-. The monoisotopic (exact) mass is 488 g/mol. The van der Waals surface area contributed by atoms with Gasteiger partial charge in [0.15, 0.2) is 0 Å². The molecule has 0 heterocycles. The molecule has 3 aromatic rings. The van der Waals surface area contributed by atoms with E-state index in [9.17, 15) is 9.90 Å². The number of rotatable bonds is 5. The van der Waals surface area contributed by atoms with Crippen molar-refractivity contribution in [3.8, 4) is 5.75 Å². The summed E-state index contributed by atoms with van der Waals surface area (Å²) in [5, 5.41) is 16.1. The molecule has 0 fully saturated rings. The number of fused-ring (bicyclic) bond motifs is 1. The summed E-state index contributed by atoms with van der Waals surface area (Å²) in [7, 11) is 0. The van der Waals surface area contributed by atoms with E-state index in [0.29, 0.717) is 15.4 Å². The highest BCUT2D eigenvalue weighted by Gasteiger charge is 2.13. The van der Waals surface area contributed by atoms with E-state index in [1.165, 1.54) is 17.0 Å². The summed E-state index contributed by atoms with van der Waals surface area (Å²) in [6.07, 6.45) is 2.18. The van der Waals surface area contributed by atoms with Gasteiger partial charge in [-0.2, -0.15) is 5.10 Å². The summed E-state index contributed by atoms with van der Waals surface area (Å²) in [6.45, 7) is 1.88. The predicted octanol–water partition coefficient (Wildman–Crippen LogP) is 5.40. The smallest absolute Gasteiger partial charge is 0.243 e. The highest BCUT2D eigenvalue weighted by atomic mass is 79.9. The molecule has 0 bridgehead atoms. The largest absolute Gasteiger partial charge is 0.506 e. The molecule has 2 N–H and O–H groups in total. The van der Waals surface area contributed by atoms with Crippen LogP contribution in [0.5, 0.6) is 5.75 Å². The van der Waals surface area contributed by atoms with E-state index < -0.39 is 0 Å². The Morgan fingerprint density at radius 3 is 2.48 bits per heavy atom. The molecule has 3 rings (SSSR count). The summed E-state index contributed by atoms with van der Waals surface area (Å²) >= 11 is 6.53. The van der Waals surface area contributed by atoms with Gasteiger partial charge in [0.25, 0.3) is 0 Å². The second kappa shape index (κ2) is 8.67. The number of nitrogens with zero attached hydrogens (tertiary/aromatic N) is 1. The Labute approximate surface area is 174 Å². The lowest BCUT2D eigenvalue weighted by atomic mass is 9.98.